The predicted molar refractivity (Wildman–Crippen MR) is 114 cm³/mol. The van der Waals surface area contributed by atoms with Crippen molar-refractivity contribution in [3.05, 3.63) is 51.7 Å². The van der Waals surface area contributed by atoms with Gasteiger partial charge in [-0.25, -0.2) is 14.3 Å². The molecule has 1 unspecified atom stereocenters. The van der Waals surface area contributed by atoms with Crippen molar-refractivity contribution < 1.29 is 4.79 Å². The summed E-state index contributed by atoms with van der Waals surface area (Å²) < 4.78 is 3.33. The Bertz CT molecular complexity index is 868. The summed E-state index contributed by atoms with van der Waals surface area (Å²) >= 11 is 0. The van der Waals surface area contributed by atoms with Gasteiger partial charge < -0.3 is 10.2 Å². The van der Waals surface area contributed by atoms with Gasteiger partial charge >= 0.3 is 11.7 Å². The molecule has 1 aromatic carbocycles. The minimum Gasteiger partial charge on any atom is -0.338 e. The zero-order chi connectivity index (χ0) is 20.8. The van der Waals surface area contributed by atoms with E-state index in [4.69, 9.17) is 0 Å². The third-order valence-corrected chi connectivity index (χ3v) is 5.79. The number of nitrogens with zero attached hydrogens (tertiary/aromatic N) is 4. The van der Waals surface area contributed by atoms with Crippen molar-refractivity contribution in [1.29, 1.82) is 0 Å². The van der Waals surface area contributed by atoms with Crippen LogP contribution in [-0.2, 0) is 25.9 Å². The van der Waals surface area contributed by atoms with Gasteiger partial charge in [0.05, 0.1) is 0 Å². The Morgan fingerprint density at radius 2 is 2.03 bits per heavy atom. The van der Waals surface area contributed by atoms with Gasteiger partial charge in [0.2, 0.25) is 0 Å². The summed E-state index contributed by atoms with van der Waals surface area (Å²) in [7, 11) is 1.85. The molecule has 0 aliphatic carbocycles. The summed E-state index contributed by atoms with van der Waals surface area (Å²) in [5.41, 5.74) is 2.46. The molecule has 0 fully saturated rings. The van der Waals surface area contributed by atoms with Crippen molar-refractivity contribution in [3.63, 3.8) is 0 Å². The maximum absolute atomic E-state index is 12.6. The van der Waals surface area contributed by atoms with E-state index in [9.17, 15) is 9.59 Å². The fourth-order valence-corrected chi connectivity index (χ4v) is 3.86. The van der Waals surface area contributed by atoms with Crippen LogP contribution in [0.4, 0.5) is 4.79 Å². The van der Waals surface area contributed by atoms with Crippen molar-refractivity contribution in [2.75, 3.05) is 13.6 Å². The van der Waals surface area contributed by atoms with Crippen molar-refractivity contribution in [1.82, 2.24) is 24.6 Å². The Kier molecular flexibility index (Phi) is 7.12. The molecule has 0 bridgehead atoms. The van der Waals surface area contributed by atoms with Crippen molar-refractivity contribution >= 4 is 6.03 Å². The van der Waals surface area contributed by atoms with E-state index in [0.717, 1.165) is 44.5 Å². The highest BCUT2D eigenvalue weighted by atomic mass is 16.2. The Morgan fingerprint density at radius 1 is 1.28 bits per heavy atom. The summed E-state index contributed by atoms with van der Waals surface area (Å²) in [6, 6.07) is 8.56. The molecule has 7 nitrogen and oxygen atoms in total. The predicted octanol–water partition coefficient (Wildman–Crippen LogP) is 2.74. The van der Waals surface area contributed by atoms with Gasteiger partial charge in [0.15, 0.2) is 0 Å². The van der Waals surface area contributed by atoms with Crippen LogP contribution in [0.1, 0.15) is 49.6 Å². The topological polar surface area (TPSA) is 72.2 Å². The Balaban J connectivity index is 1.46. The number of likely N-dealkylation sites (N-methyl/N-ethyl adjacent to an activating group) is 1. The molecule has 0 spiro atoms. The molecule has 3 rings (SSSR count). The molecular formula is C22H33N5O2. The average molecular weight is 400 g/mol. The number of fused-ring (bicyclic) bond motifs is 1. The second kappa shape index (κ2) is 9.76. The molecule has 1 atom stereocenters. The fourth-order valence-electron chi connectivity index (χ4n) is 3.86. The lowest BCUT2D eigenvalue weighted by Crippen LogP contribution is -2.44. The highest BCUT2D eigenvalue weighted by Gasteiger charge is 2.19. The molecule has 158 valence electrons. The molecule has 2 aromatic rings. The summed E-state index contributed by atoms with van der Waals surface area (Å²) in [4.78, 5) is 26.7. The Hall–Kier alpha value is -2.57. The smallest absolute Gasteiger partial charge is 0.338 e. The molecule has 0 saturated carbocycles. The molecule has 1 aliphatic heterocycles. The van der Waals surface area contributed by atoms with Crippen LogP contribution in [0.5, 0.6) is 0 Å². The number of urea groups is 1. The van der Waals surface area contributed by atoms with E-state index in [-0.39, 0.29) is 17.8 Å². The molecule has 1 N–H and O–H groups in total. The van der Waals surface area contributed by atoms with E-state index in [2.05, 4.69) is 48.5 Å². The number of nitrogens with one attached hydrogen (secondary N) is 1. The number of rotatable bonds is 8. The lowest BCUT2D eigenvalue weighted by molar-refractivity contribution is 0.187. The molecule has 2 amide bonds. The first-order valence-electron chi connectivity index (χ1n) is 10.7. The first kappa shape index (κ1) is 21.1. The molecule has 7 heteroatoms. The van der Waals surface area contributed by atoms with Gasteiger partial charge in [-0.15, -0.1) is 0 Å². The summed E-state index contributed by atoms with van der Waals surface area (Å²) in [6.45, 7) is 6.01. The van der Waals surface area contributed by atoms with E-state index in [0.29, 0.717) is 19.5 Å². The Labute approximate surface area is 172 Å². The quantitative estimate of drug-likeness (QED) is 0.694. The van der Waals surface area contributed by atoms with Gasteiger partial charge in [-0.2, -0.15) is 5.10 Å². The second-order valence-corrected chi connectivity index (χ2v) is 7.98. The van der Waals surface area contributed by atoms with Crippen LogP contribution in [0.3, 0.4) is 0 Å². The van der Waals surface area contributed by atoms with Crippen LogP contribution in [0, 0.1) is 6.92 Å². The van der Waals surface area contributed by atoms with E-state index in [1.165, 1.54) is 11.1 Å². The van der Waals surface area contributed by atoms with Crippen LogP contribution in [0.2, 0.25) is 0 Å². The zero-order valence-electron chi connectivity index (χ0n) is 17.9. The Morgan fingerprint density at radius 3 is 2.72 bits per heavy atom. The van der Waals surface area contributed by atoms with E-state index in [1.54, 1.807) is 14.1 Å². The summed E-state index contributed by atoms with van der Waals surface area (Å²) in [6.07, 6.45) is 5.44. The summed E-state index contributed by atoms with van der Waals surface area (Å²) in [5, 5.41) is 7.42. The van der Waals surface area contributed by atoms with Crippen LogP contribution in [0.25, 0.3) is 0 Å². The molecule has 1 aliphatic rings. The number of carbonyl (C=O) groups excluding carboxylic acids is 1. The number of benzene rings is 1. The molecule has 29 heavy (non-hydrogen) atoms. The third kappa shape index (κ3) is 5.28. The van der Waals surface area contributed by atoms with Crippen molar-refractivity contribution in [2.24, 2.45) is 0 Å². The van der Waals surface area contributed by atoms with Gasteiger partial charge in [-0.1, -0.05) is 36.8 Å². The first-order chi connectivity index (χ1) is 14.0. The molecule has 0 radical (unpaired) electrons. The van der Waals surface area contributed by atoms with Gasteiger partial charge in [0.25, 0.3) is 0 Å². The number of hydrogen-bond acceptors (Lipinski definition) is 3. The van der Waals surface area contributed by atoms with Crippen LogP contribution in [0.15, 0.2) is 29.1 Å². The van der Waals surface area contributed by atoms with Gasteiger partial charge in [0.1, 0.15) is 5.82 Å². The second-order valence-electron chi connectivity index (χ2n) is 7.98. The lowest BCUT2D eigenvalue weighted by Gasteiger charge is -2.27. The van der Waals surface area contributed by atoms with Crippen LogP contribution >= 0.6 is 0 Å². The lowest BCUT2D eigenvalue weighted by atomic mass is 10.0. The monoisotopic (exact) mass is 399 g/mol. The highest BCUT2D eigenvalue weighted by molar-refractivity contribution is 5.74. The van der Waals surface area contributed by atoms with E-state index >= 15 is 0 Å². The minimum atomic E-state index is -0.0690. The normalized spacial score (nSPS) is 14.3. The molecule has 1 aromatic heterocycles. The molecule has 2 heterocycles. The maximum Gasteiger partial charge on any atom is 0.345 e. The number of hydrogen-bond donors (Lipinski definition) is 1. The van der Waals surface area contributed by atoms with Crippen molar-refractivity contribution in [3.8, 4) is 0 Å². The van der Waals surface area contributed by atoms with E-state index < -0.39 is 0 Å². The van der Waals surface area contributed by atoms with Gasteiger partial charge in [0, 0.05) is 39.1 Å². The number of aryl methyl sites for hydroxylation is 3. The van der Waals surface area contributed by atoms with Crippen LogP contribution in [-0.4, -0.2) is 44.9 Å². The highest BCUT2D eigenvalue weighted by Crippen LogP contribution is 2.12. The number of aromatic nitrogens is 3. The number of carbonyl (C=O) groups is 1. The third-order valence-electron chi connectivity index (χ3n) is 5.79. The fraction of sp³-hybridized carbons (Fsp3) is 0.591. The maximum atomic E-state index is 12.6. The first-order valence-corrected chi connectivity index (χ1v) is 10.7. The van der Waals surface area contributed by atoms with Crippen molar-refractivity contribution in [2.45, 2.75) is 71.5 Å². The van der Waals surface area contributed by atoms with Gasteiger partial charge in [-0.05, 0) is 44.6 Å². The standard InChI is InChI=1S/C22H33N5O2/c1-4-19(16-18-11-9-17(2)10-12-18)25(3)21(28)23-13-7-15-27-22(29)26-14-6-5-8-20(26)24-27/h9-12,19H,4-8,13-16H2,1-3H3,(H,23,28). The largest absolute Gasteiger partial charge is 0.345 e. The summed E-state index contributed by atoms with van der Waals surface area (Å²) in [5.74, 6) is 0.895. The van der Waals surface area contributed by atoms with Crippen LogP contribution < -0.4 is 11.0 Å². The average Bonchev–Trinajstić information content (AvgIpc) is 3.06. The molecular weight excluding hydrogens is 366 g/mol. The van der Waals surface area contributed by atoms with Gasteiger partial charge in [-0.3, -0.25) is 4.57 Å². The zero-order valence-corrected chi connectivity index (χ0v) is 17.9. The number of amides is 2. The minimum absolute atomic E-state index is 0.0210. The SMILES string of the molecule is CCC(Cc1ccc(C)cc1)N(C)C(=O)NCCCn1nc2n(c1=O)CCCC2. The van der Waals surface area contributed by atoms with E-state index in [1.807, 2.05) is 7.05 Å². The molecule has 0 saturated heterocycles.